The van der Waals surface area contributed by atoms with Crippen LogP contribution in [0.5, 0.6) is 0 Å². The Morgan fingerprint density at radius 3 is 3.00 bits per heavy atom. The lowest BCUT2D eigenvalue weighted by molar-refractivity contribution is -0.122. The molecule has 18 heavy (non-hydrogen) atoms. The summed E-state index contributed by atoms with van der Waals surface area (Å²) in [6.07, 6.45) is 1.04. The van der Waals surface area contributed by atoms with Crippen LogP contribution in [0.3, 0.4) is 0 Å². The monoisotopic (exact) mass is 246 g/mol. The molecule has 1 aliphatic heterocycles. The highest BCUT2D eigenvalue weighted by Gasteiger charge is 2.25. The Morgan fingerprint density at radius 1 is 1.44 bits per heavy atom. The standard InChI is InChI=1S/C15H22N2O/c1-11(2)7-8-17-15(18)14-10-16-9-12-5-3-4-6-13(12)14/h3-6,11,14,16H,7-10H2,1-2H3,(H,17,18). The average Bonchev–Trinajstić information content (AvgIpc) is 2.37. The molecule has 2 rings (SSSR count). The van der Waals surface area contributed by atoms with Crippen molar-refractivity contribution in [2.45, 2.75) is 32.7 Å². The van der Waals surface area contributed by atoms with Crippen molar-refractivity contribution in [3.8, 4) is 0 Å². The van der Waals surface area contributed by atoms with Gasteiger partial charge >= 0.3 is 0 Å². The second-order valence-corrected chi connectivity index (χ2v) is 5.36. The highest BCUT2D eigenvalue weighted by molar-refractivity contribution is 5.84. The fourth-order valence-electron chi connectivity index (χ4n) is 2.34. The summed E-state index contributed by atoms with van der Waals surface area (Å²) >= 11 is 0. The minimum absolute atomic E-state index is 0.0397. The van der Waals surface area contributed by atoms with Gasteiger partial charge in [0.2, 0.25) is 5.91 Å². The first-order valence-electron chi connectivity index (χ1n) is 6.74. The summed E-state index contributed by atoms with van der Waals surface area (Å²) in [7, 11) is 0. The molecule has 0 spiro atoms. The molecule has 0 fully saturated rings. The second-order valence-electron chi connectivity index (χ2n) is 5.36. The van der Waals surface area contributed by atoms with Gasteiger partial charge in [-0.3, -0.25) is 4.79 Å². The summed E-state index contributed by atoms with van der Waals surface area (Å²) in [5.41, 5.74) is 2.42. The van der Waals surface area contributed by atoms with Crippen LogP contribution in [0.15, 0.2) is 24.3 Å². The van der Waals surface area contributed by atoms with Crippen LogP contribution in [0, 0.1) is 5.92 Å². The molecule has 1 aliphatic rings. The Hall–Kier alpha value is -1.35. The molecule has 1 aromatic carbocycles. The number of carbonyl (C=O) groups is 1. The number of benzene rings is 1. The topological polar surface area (TPSA) is 41.1 Å². The summed E-state index contributed by atoms with van der Waals surface area (Å²) in [6.45, 7) is 6.72. The molecule has 1 amide bonds. The molecule has 1 unspecified atom stereocenters. The van der Waals surface area contributed by atoms with E-state index in [2.05, 4.69) is 36.6 Å². The third-order valence-electron chi connectivity index (χ3n) is 3.43. The second kappa shape index (κ2) is 6.01. The van der Waals surface area contributed by atoms with Crippen LogP contribution in [-0.4, -0.2) is 19.0 Å². The molecule has 1 heterocycles. The quantitative estimate of drug-likeness (QED) is 0.853. The van der Waals surface area contributed by atoms with Crippen molar-refractivity contribution < 1.29 is 4.79 Å². The summed E-state index contributed by atoms with van der Waals surface area (Å²) in [5, 5.41) is 6.36. The van der Waals surface area contributed by atoms with Crippen LogP contribution >= 0.6 is 0 Å². The van der Waals surface area contributed by atoms with Crippen molar-refractivity contribution in [1.82, 2.24) is 10.6 Å². The summed E-state index contributed by atoms with van der Waals surface area (Å²) < 4.78 is 0. The smallest absolute Gasteiger partial charge is 0.228 e. The molecule has 0 bridgehead atoms. The zero-order valence-electron chi connectivity index (χ0n) is 11.2. The number of nitrogens with one attached hydrogen (secondary N) is 2. The van der Waals surface area contributed by atoms with Gasteiger partial charge in [0.1, 0.15) is 0 Å². The molecule has 3 nitrogen and oxygen atoms in total. The maximum Gasteiger partial charge on any atom is 0.228 e. The van der Waals surface area contributed by atoms with Gasteiger partial charge in [0.25, 0.3) is 0 Å². The fraction of sp³-hybridized carbons (Fsp3) is 0.533. The normalized spacial score (nSPS) is 18.5. The maximum absolute atomic E-state index is 12.2. The van der Waals surface area contributed by atoms with Crippen LogP contribution in [0.25, 0.3) is 0 Å². The van der Waals surface area contributed by atoms with Gasteiger partial charge in [0, 0.05) is 19.6 Å². The van der Waals surface area contributed by atoms with E-state index in [1.165, 1.54) is 11.1 Å². The lowest BCUT2D eigenvalue weighted by Gasteiger charge is -2.25. The molecule has 0 aliphatic carbocycles. The first kappa shape index (κ1) is 13.1. The molecule has 98 valence electrons. The molecular weight excluding hydrogens is 224 g/mol. The van der Waals surface area contributed by atoms with Crippen LogP contribution in [0.1, 0.15) is 37.3 Å². The lowest BCUT2D eigenvalue weighted by atomic mass is 9.90. The number of fused-ring (bicyclic) bond motifs is 1. The molecular formula is C15H22N2O. The van der Waals surface area contributed by atoms with Gasteiger partial charge in [-0.15, -0.1) is 0 Å². The number of amides is 1. The van der Waals surface area contributed by atoms with Crippen molar-refractivity contribution in [1.29, 1.82) is 0 Å². The van der Waals surface area contributed by atoms with Crippen LogP contribution in [0.2, 0.25) is 0 Å². The van der Waals surface area contributed by atoms with E-state index in [1.54, 1.807) is 0 Å². The zero-order chi connectivity index (χ0) is 13.0. The molecule has 0 radical (unpaired) electrons. The molecule has 1 aromatic rings. The number of hydrogen-bond acceptors (Lipinski definition) is 2. The summed E-state index contributed by atoms with van der Waals surface area (Å²) in [4.78, 5) is 12.2. The minimum Gasteiger partial charge on any atom is -0.356 e. The summed E-state index contributed by atoms with van der Waals surface area (Å²) in [6, 6.07) is 8.21. The third kappa shape index (κ3) is 3.10. The first-order chi connectivity index (χ1) is 8.68. The molecule has 1 atom stereocenters. The number of hydrogen-bond donors (Lipinski definition) is 2. The maximum atomic E-state index is 12.2. The SMILES string of the molecule is CC(C)CCNC(=O)C1CNCc2ccccc21. The minimum atomic E-state index is -0.0397. The van der Waals surface area contributed by atoms with E-state index < -0.39 is 0 Å². The first-order valence-corrected chi connectivity index (χ1v) is 6.74. The average molecular weight is 246 g/mol. The van der Waals surface area contributed by atoms with Crippen LogP contribution in [0.4, 0.5) is 0 Å². The van der Waals surface area contributed by atoms with E-state index in [1.807, 2.05) is 12.1 Å². The highest BCUT2D eigenvalue weighted by Crippen LogP contribution is 2.23. The van der Waals surface area contributed by atoms with E-state index in [9.17, 15) is 4.79 Å². The van der Waals surface area contributed by atoms with Gasteiger partial charge in [-0.1, -0.05) is 38.1 Å². The predicted octanol–water partition coefficient (Wildman–Crippen LogP) is 2.04. The van der Waals surface area contributed by atoms with Crippen LogP contribution < -0.4 is 10.6 Å². The molecule has 0 saturated carbocycles. The zero-order valence-corrected chi connectivity index (χ0v) is 11.2. The molecule has 0 aromatic heterocycles. The van der Waals surface area contributed by atoms with Crippen molar-refractivity contribution in [3.63, 3.8) is 0 Å². The van der Waals surface area contributed by atoms with Gasteiger partial charge in [-0.05, 0) is 23.5 Å². The van der Waals surface area contributed by atoms with E-state index in [4.69, 9.17) is 0 Å². The Labute approximate surface area is 109 Å². The van der Waals surface area contributed by atoms with Crippen molar-refractivity contribution in [2.24, 2.45) is 5.92 Å². The number of carbonyl (C=O) groups excluding carboxylic acids is 1. The van der Waals surface area contributed by atoms with Gasteiger partial charge in [-0.2, -0.15) is 0 Å². The van der Waals surface area contributed by atoms with E-state index in [-0.39, 0.29) is 11.8 Å². The third-order valence-corrected chi connectivity index (χ3v) is 3.43. The molecule has 2 N–H and O–H groups in total. The van der Waals surface area contributed by atoms with Crippen molar-refractivity contribution >= 4 is 5.91 Å². The predicted molar refractivity (Wildman–Crippen MR) is 73.4 cm³/mol. The van der Waals surface area contributed by atoms with Gasteiger partial charge in [0.15, 0.2) is 0 Å². The largest absolute Gasteiger partial charge is 0.356 e. The fourth-order valence-corrected chi connectivity index (χ4v) is 2.34. The Morgan fingerprint density at radius 2 is 2.22 bits per heavy atom. The van der Waals surface area contributed by atoms with Gasteiger partial charge < -0.3 is 10.6 Å². The lowest BCUT2D eigenvalue weighted by Crippen LogP contribution is -2.39. The Bertz CT molecular complexity index is 415. The van der Waals surface area contributed by atoms with E-state index >= 15 is 0 Å². The Kier molecular flexibility index (Phi) is 4.37. The van der Waals surface area contributed by atoms with Crippen molar-refractivity contribution in [3.05, 3.63) is 35.4 Å². The molecule has 0 saturated heterocycles. The molecule has 3 heteroatoms. The van der Waals surface area contributed by atoms with Crippen LogP contribution in [-0.2, 0) is 11.3 Å². The highest BCUT2D eigenvalue weighted by atomic mass is 16.1. The van der Waals surface area contributed by atoms with Gasteiger partial charge in [-0.25, -0.2) is 0 Å². The van der Waals surface area contributed by atoms with Crippen molar-refractivity contribution in [2.75, 3.05) is 13.1 Å². The number of rotatable bonds is 4. The van der Waals surface area contributed by atoms with E-state index in [0.29, 0.717) is 5.92 Å². The van der Waals surface area contributed by atoms with Gasteiger partial charge in [0.05, 0.1) is 5.92 Å². The Balaban J connectivity index is 1.99. The summed E-state index contributed by atoms with van der Waals surface area (Å²) in [5.74, 6) is 0.736. The van der Waals surface area contributed by atoms with E-state index in [0.717, 1.165) is 26.1 Å².